The van der Waals surface area contributed by atoms with Gasteiger partial charge in [-0.15, -0.1) is 16.9 Å². The zero-order valence-electron chi connectivity index (χ0n) is 21.9. The number of rotatable bonds is 8. The largest absolute Gasteiger partial charge is 0.461 e. The number of carbonyl (C=O) groups is 3. The third-order valence-electron chi connectivity index (χ3n) is 6.25. The van der Waals surface area contributed by atoms with E-state index in [1.165, 1.54) is 16.8 Å². The quantitative estimate of drug-likeness (QED) is 0.297. The molecule has 1 amide bonds. The number of thioether (sulfide) groups is 1. The molecule has 0 radical (unpaired) electrons. The maximum atomic E-state index is 15.9. The Morgan fingerprint density at radius 3 is 2.32 bits per heavy atom. The summed E-state index contributed by atoms with van der Waals surface area (Å²) in [6.45, 7) is 3.02. The highest BCUT2D eigenvalue weighted by molar-refractivity contribution is 8.00. The average Bonchev–Trinajstić information content (AvgIpc) is 3.53. The lowest BCUT2D eigenvalue weighted by Crippen LogP contribution is -2.35. The molecule has 2 unspecified atom stereocenters. The van der Waals surface area contributed by atoms with E-state index in [4.69, 9.17) is 9.47 Å². The molecule has 212 valence electrons. The summed E-state index contributed by atoms with van der Waals surface area (Å²) in [5, 5.41) is 8.43. The van der Waals surface area contributed by atoms with Gasteiger partial charge in [0.2, 0.25) is 11.9 Å². The first kappa shape index (κ1) is 28.0. The third kappa shape index (κ3) is 5.96. The molecule has 2 aromatic heterocycles. The van der Waals surface area contributed by atoms with E-state index in [2.05, 4.69) is 25.6 Å². The van der Waals surface area contributed by atoms with Crippen LogP contribution in [0.3, 0.4) is 0 Å². The highest BCUT2D eigenvalue weighted by Gasteiger charge is 2.50. The predicted molar refractivity (Wildman–Crippen MR) is 147 cm³/mol. The van der Waals surface area contributed by atoms with Crippen LogP contribution in [0.2, 0.25) is 0 Å². The highest BCUT2D eigenvalue weighted by atomic mass is 32.2. The van der Waals surface area contributed by atoms with Gasteiger partial charge in [-0.05, 0) is 24.3 Å². The molecule has 1 fully saturated rings. The molecular weight excluding hydrogens is 555 g/mol. The molecule has 4 atom stereocenters. The first-order chi connectivity index (χ1) is 19.7. The molecule has 0 spiro atoms. The van der Waals surface area contributed by atoms with E-state index in [0.29, 0.717) is 5.56 Å². The smallest absolute Gasteiger partial charge is 0.338 e. The molecule has 1 aliphatic rings. The van der Waals surface area contributed by atoms with E-state index in [1.807, 2.05) is 0 Å². The number of nitrogens with one attached hydrogen (secondary N) is 2. The molecule has 0 bridgehead atoms. The Bertz CT molecular complexity index is 1630. The van der Waals surface area contributed by atoms with Crippen LogP contribution < -0.4 is 10.9 Å². The van der Waals surface area contributed by atoms with Gasteiger partial charge in [0.05, 0.1) is 16.4 Å². The van der Waals surface area contributed by atoms with Gasteiger partial charge in [-0.3, -0.25) is 19.9 Å². The Morgan fingerprint density at radius 1 is 1.05 bits per heavy atom. The number of hydrogen-bond donors (Lipinski definition) is 2. The van der Waals surface area contributed by atoms with Gasteiger partial charge < -0.3 is 9.47 Å². The van der Waals surface area contributed by atoms with Crippen LogP contribution in [0, 0.1) is 5.92 Å². The summed E-state index contributed by atoms with van der Waals surface area (Å²) in [5.74, 6) is -2.33. The summed E-state index contributed by atoms with van der Waals surface area (Å²) < 4.78 is 28.1. The Morgan fingerprint density at radius 2 is 1.68 bits per heavy atom. The third-order valence-corrected chi connectivity index (χ3v) is 7.74. The van der Waals surface area contributed by atoms with Crippen molar-refractivity contribution < 1.29 is 28.2 Å². The maximum Gasteiger partial charge on any atom is 0.338 e. The molecule has 2 aromatic carbocycles. The lowest BCUT2D eigenvalue weighted by atomic mass is 10.1. The van der Waals surface area contributed by atoms with Gasteiger partial charge in [-0.1, -0.05) is 55.5 Å². The van der Waals surface area contributed by atoms with Crippen molar-refractivity contribution in [1.29, 1.82) is 0 Å². The number of H-pyrrole nitrogens is 1. The summed E-state index contributed by atoms with van der Waals surface area (Å²) in [4.78, 5) is 57.0. The average molecular weight is 581 g/mol. The fourth-order valence-corrected chi connectivity index (χ4v) is 5.49. The van der Waals surface area contributed by atoms with E-state index >= 15 is 4.39 Å². The van der Waals surface area contributed by atoms with Gasteiger partial charge in [-0.25, -0.2) is 18.7 Å². The zero-order valence-corrected chi connectivity index (χ0v) is 22.7. The van der Waals surface area contributed by atoms with Crippen molar-refractivity contribution in [2.45, 2.75) is 36.7 Å². The van der Waals surface area contributed by atoms with E-state index in [9.17, 15) is 19.2 Å². The van der Waals surface area contributed by atoms with Crippen LogP contribution in [-0.2, 0) is 14.3 Å². The summed E-state index contributed by atoms with van der Waals surface area (Å²) >= 11 is 0.996. The number of benzene rings is 2. The van der Waals surface area contributed by atoms with Crippen molar-refractivity contribution in [2.75, 3.05) is 11.9 Å². The van der Waals surface area contributed by atoms with E-state index in [-0.39, 0.29) is 35.2 Å². The normalized spacial score (nSPS) is 20.2. The van der Waals surface area contributed by atoms with E-state index < -0.39 is 46.3 Å². The molecule has 1 aliphatic heterocycles. The second-order valence-electron chi connectivity index (χ2n) is 9.47. The fourth-order valence-electron chi connectivity index (χ4n) is 4.06. The summed E-state index contributed by atoms with van der Waals surface area (Å²) in [6, 6.07) is 16.3. The molecule has 2 N–H and O–H groups in total. The van der Waals surface area contributed by atoms with Crippen LogP contribution in [0.15, 0.2) is 65.5 Å². The first-order valence-corrected chi connectivity index (χ1v) is 13.6. The molecule has 41 heavy (non-hydrogen) atoms. The van der Waals surface area contributed by atoms with Gasteiger partial charge in [0, 0.05) is 5.92 Å². The predicted octanol–water partition coefficient (Wildman–Crippen LogP) is 3.14. The molecule has 3 heterocycles. The number of ether oxygens (including phenoxy) is 2. The number of fused-ring (bicyclic) bond motifs is 1. The molecule has 1 saturated heterocycles. The minimum Gasteiger partial charge on any atom is -0.461 e. The van der Waals surface area contributed by atoms with E-state index in [1.54, 1.807) is 62.4 Å². The fraction of sp³-hybridized carbons (Fsp3) is 0.296. The minimum absolute atomic E-state index is 0.0554. The van der Waals surface area contributed by atoms with Gasteiger partial charge >= 0.3 is 11.9 Å². The molecular formula is C27H25FN6O6S. The number of carbonyl (C=O) groups excluding carboxylic acids is 3. The van der Waals surface area contributed by atoms with Gasteiger partial charge in [0.1, 0.15) is 12.0 Å². The van der Waals surface area contributed by atoms with Gasteiger partial charge in [-0.2, -0.15) is 4.98 Å². The number of hydrogen-bond acceptors (Lipinski definition) is 10. The van der Waals surface area contributed by atoms with Crippen molar-refractivity contribution in [1.82, 2.24) is 25.0 Å². The number of aromatic nitrogens is 5. The van der Waals surface area contributed by atoms with Gasteiger partial charge in [0.15, 0.2) is 23.4 Å². The molecule has 5 rings (SSSR count). The second kappa shape index (κ2) is 11.9. The standard InChI is InChI=1S/C27H25FN6O6S/c1-14(2)22(35)30-27-29-21-19(23(36)31-27)32-33-34(21)24-20(40-26(38)16-11-7-4-8-12-16)18(28)17(41-24)13-39-25(37)15-9-5-3-6-10-15/h3-12,14,17-18,20,24H,13H2,1-2H3,(H2,29,30,31,35,36)/t17-,18?,20?,24-/m1/s1. The summed E-state index contributed by atoms with van der Waals surface area (Å²) in [5.41, 5.74) is -0.377. The Hall–Kier alpha value is -4.59. The summed E-state index contributed by atoms with van der Waals surface area (Å²) in [6.07, 6.45) is -3.20. The number of amides is 1. The lowest BCUT2D eigenvalue weighted by molar-refractivity contribution is -0.118. The molecule has 0 saturated carbocycles. The SMILES string of the molecule is CC(C)C(=O)Nc1nc2c(nnn2[C@@H]2S[C@H](COC(=O)c3ccccc3)C(F)C2OC(=O)c2ccccc2)c(=O)[nH]1. The van der Waals surface area contributed by atoms with Crippen molar-refractivity contribution in [2.24, 2.45) is 5.92 Å². The monoisotopic (exact) mass is 580 g/mol. The molecule has 12 nitrogen and oxygen atoms in total. The van der Waals surface area contributed by atoms with Crippen LogP contribution in [0.1, 0.15) is 39.9 Å². The minimum atomic E-state index is -1.79. The Kier molecular flexibility index (Phi) is 8.10. The topological polar surface area (TPSA) is 158 Å². The van der Waals surface area contributed by atoms with Crippen LogP contribution in [0.25, 0.3) is 11.2 Å². The zero-order chi connectivity index (χ0) is 29.1. The number of aromatic amines is 1. The highest BCUT2D eigenvalue weighted by Crippen LogP contribution is 2.46. The maximum absolute atomic E-state index is 15.9. The molecule has 0 aliphatic carbocycles. The number of anilines is 1. The lowest BCUT2D eigenvalue weighted by Gasteiger charge is -2.21. The van der Waals surface area contributed by atoms with Crippen molar-refractivity contribution in [3.05, 3.63) is 82.1 Å². The van der Waals surface area contributed by atoms with Gasteiger partial charge in [0.25, 0.3) is 5.56 Å². The van der Waals surface area contributed by atoms with Crippen LogP contribution in [0.4, 0.5) is 10.3 Å². The van der Waals surface area contributed by atoms with E-state index in [0.717, 1.165) is 11.8 Å². The molecule has 4 aromatic rings. The number of halogens is 1. The molecule has 14 heteroatoms. The second-order valence-corrected chi connectivity index (χ2v) is 10.8. The van der Waals surface area contributed by atoms with Crippen molar-refractivity contribution in [3.63, 3.8) is 0 Å². The van der Waals surface area contributed by atoms with Crippen molar-refractivity contribution in [3.8, 4) is 0 Å². The number of esters is 2. The Balaban J connectivity index is 1.46. The van der Waals surface area contributed by atoms with Crippen LogP contribution in [0.5, 0.6) is 0 Å². The Labute approximate surface area is 236 Å². The first-order valence-electron chi connectivity index (χ1n) is 12.7. The number of nitrogens with zero attached hydrogens (tertiary/aromatic N) is 4. The summed E-state index contributed by atoms with van der Waals surface area (Å²) in [7, 11) is 0. The van der Waals surface area contributed by atoms with Crippen molar-refractivity contribution >= 4 is 46.7 Å². The number of alkyl halides is 1. The van der Waals surface area contributed by atoms with Crippen LogP contribution >= 0.6 is 11.8 Å². The van der Waals surface area contributed by atoms with Crippen LogP contribution in [-0.4, -0.2) is 66.9 Å².